The lowest BCUT2D eigenvalue weighted by Gasteiger charge is -2.36. The van der Waals surface area contributed by atoms with Gasteiger partial charge >= 0.3 is 0 Å². The normalized spacial score (nSPS) is 24.4. The van der Waals surface area contributed by atoms with Crippen molar-refractivity contribution in [1.82, 2.24) is 5.43 Å². The zero-order valence-corrected chi connectivity index (χ0v) is 12.8. The third kappa shape index (κ3) is 3.53. The summed E-state index contributed by atoms with van der Waals surface area (Å²) in [7, 11) is 1.74. The Morgan fingerprint density at radius 3 is 2.75 bits per heavy atom. The highest BCUT2D eigenvalue weighted by Crippen LogP contribution is 2.36. The molecule has 0 radical (unpaired) electrons. The summed E-state index contributed by atoms with van der Waals surface area (Å²) in [5.41, 5.74) is 4.33. The summed E-state index contributed by atoms with van der Waals surface area (Å²) in [6.07, 6.45) is 7.57. The van der Waals surface area contributed by atoms with E-state index in [9.17, 15) is 0 Å². The van der Waals surface area contributed by atoms with Gasteiger partial charge in [-0.05, 0) is 36.3 Å². The molecule has 0 aromatic heterocycles. The van der Waals surface area contributed by atoms with E-state index >= 15 is 0 Å². The van der Waals surface area contributed by atoms with Crippen LogP contribution in [0.4, 0.5) is 0 Å². The van der Waals surface area contributed by atoms with Gasteiger partial charge in [-0.3, -0.25) is 11.3 Å². The van der Waals surface area contributed by atoms with Gasteiger partial charge in [-0.15, -0.1) is 0 Å². The summed E-state index contributed by atoms with van der Waals surface area (Å²) in [5.74, 6) is 8.33. The Hall–Kier alpha value is -1.06. The standard InChI is InChI=1S/C17H28N2O/c1-3-13-8-4-6-10-15(13)16(19-18)12-14-9-5-7-11-17(14)20-2/h5,7,9,11,13,15-16,19H,3-4,6,8,10,12,18H2,1-2H3. The molecule has 3 N–H and O–H groups in total. The number of benzene rings is 1. The average Bonchev–Trinajstić information content (AvgIpc) is 2.53. The van der Waals surface area contributed by atoms with Gasteiger partial charge in [0, 0.05) is 6.04 Å². The summed E-state index contributed by atoms with van der Waals surface area (Å²) >= 11 is 0. The predicted molar refractivity (Wildman–Crippen MR) is 83.5 cm³/mol. The van der Waals surface area contributed by atoms with Gasteiger partial charge in [0.1, 0.15) is 5.75 Å². The van der Waals surface area contributed by atoms with Crippen molar-refractivity contribution in [3.63, 3.8) is 0 Å². The second-order valence-corrected chi connectivity index (χ2v) is 5.91. The Kier molecular flexibility index (Phi) is 5.86. The quantitative estimate of drug-likeness (QED) is 0.619. The minimum atomic E-state index is 0.344. The highest BCUT2D eigenvalue weighted by molar-refractivity contribution is 5.34. The van der Waals surface area contributed by atoms with E-state index in [0.29, 0.717) is 12.0 Å². The van der Waals surface area contributed by atoms with Gasteiger partial charge in [0.2, 0.25) is 0 Å². The fourth-order valence-corrected chi connectivity index (χ4v) is 3.72. The molecule has 2 rings (SSSR count). The number of nitrogens with two attached hydrogens (primary N) is 1. The molecule has 3 unspecified atom stereocenters. The highest BCUT2D eigenvalue weighted by atomic mass is 16.5. The van der Waals surface area contributed by atoms with Gasteiger partial charge in [-0.2, -0.15) is 0 Å². The largest absolute Gasteiger partial charge is 0.496 e. The molecule has 20 heavy (non-hydrogen) atoms. The second kappa shape index (κ2) is 7.65. The molecular weight excluding hydrogens is 248 g/mol. The fourth-order valence-electron chi connectivity index (χ4n) is 3.72. The van der Waals surface area contributed by atoms with E-state index in [4.69, 9.17) is 10.6 Å². The van der Waals surface area contributed by atoms with E-state index in [-0.39, 0.29) is 0 Å². The van der Waals surface area contributed by atoms with Crippen LogP contribution in [0.15, 0.2) is 24.3 Å². The molecule has 0 spiro atoms. The number of hydrazine groups is 1. The van der Waals surface area contributed by atoms with Gasteiger partial charge < -0.3 is 4.74 Å². The fraction of sp³-hybridized carbons (Fsp3) is 0.647. The van der Waals surface area contributed by atoms with Crippen LogP contribution in [0.1, 0.15) is 44.6 Å². The van der Waals surface area contributed by atoms with Crippen molar-refractivity contribution in [2.75, 3.05) is 7.11 Å². The first-order chi connectivity index (χ1) is 9.80. The van der Waals surface area contributed by atoms with Gasteiger partial charge in [0.15, 0.2) is 0 Å². The Balaban J connectivity index is 2.11. The second-order valence-electron chi connectivity index (χ2n) is 5.91. The molecule has 0 heterocycles. The number of nitrogens with one attached hydrogen (secondary N) is 1. The summed E-state index contributed by atoms with van der Waals surface area (Å²) in [4.78, 5) is 0. The van der Waals surface area contributed by atoms with Crippen LogP contribution in [-0.4, -0.2) is 13.2 Å². The maximum absolute atomic E-state index is 5.87. The molecule has 1 aliphatic carbocycles. The van der Waals surface area contributed by atoms with Gasteiger partial charge in [-0.1, -0.05) is 50.8 Å². The van der Waals surface area contributed by atoms with Gasteiger partial charge in [0.25, 0.3) is 0 Å². The lowest BCUT2D eigenvalue weighted by atomic mass is 9.73. The van der Waals surface area contributed by atoms with Crippen molar-refractivity contribution in [3.05, 3.63) is 29.8 Å². The number of hydrogen-bond donors (Lipinski definition) is 2. The molecule has 0 aliphatic heterocycles. The molecule has 3 heteroatoms. The van der Waals surface area contributed by atoms with Crippen LogP contribution in [0, 0.1) is 11.8 Å². The van der Waals surface area contributed by atoms with Crippen molar-refractivity contribution in [1.29, 1.82) is 0 Å². The Morgan fingerprint density at radius 2 is 2.05 bits per heavy atom. The smallest absolute Gasteiger partial charge is 0.122 e. The van der Waals surface area contributed by atoms with E-state index in [2.05, 4.69) is 24.5 Å². The van der Waals surface area contributed by atoms with Crippen molar-refractivity contribution < 1.29 is 4.74 Å². The van der Waals surface area contributed by atoms with Crippen LogP contribution in [0.25, 0.3) is 0 Å². The van der Waals surface area contributed by atoms with Crippen LogP contribution >= 0.6 is 0 Å². The molecule has 3 atom stereocenters. The van der Waals surface area contributed by atoms with Gasteiger partial charge in [-0.25, -0.2) is 0 Å². The average molecular weight is 276 g/mol. The topological polar surface area (TPSA) is 47.3 Å². The first kappa shape index (κ1) is 15.3. The van der Waals surface area contributed by atoms with Crippen LogP contribution in [-0.2, 0) is 6.42 Å². The van der Waals surface area contributed by atoms with Gasteiger partial charge in [0.05, 0.1) is 7.11 Å². The third-order valence-corrected chi connectivity index (χ3v) is 4.86. The molecular formula is C17H28N2O. The zero-order chi connectivity index (χ0) is 14.4. The monoisotopic (exact) mass is 276 g/mol. The molecule has 112 valence electrons. The molecule has 0 bridgehead atoms. The minimum absolute atomic E-state index is 0.344. The van der Waals surface area contributed by atoms with Crippen molar-refractivity contribution in [2.24, 2.45) is 17.7 Å². The lowest BCUT2D eigenvalue weighted by molar-refractivity contribution is 0.174. The van der Waals surface area contributed by atoms with Crippen molar-refractivity contribution in [3.8, 4) is 5.75 Å². The van der Waals surface area contributed by atoms with E-state index in [0.717, 1.165) is 18.1 Å². The third-order valence-electron chi connectivity index (χ3n) is 4.86. The predicted octanol–water partition coefficient (Wildman–Crippen LogP) is 3.29. The Morgan fingerprint density at radius 1 is 1.30 bits per heavy atom. The number of rotatable bonds is 6. The zero-order valence-electron chi connectivity index (χ0n) is 12.8. The first-order valence-electron chi connectivity index (χ1n) is 7.88. The molecule has 1 saturated carbocycles. The number of ether oxygens (including phenoxy) is 1. The summed E-state index contributed by atoms with van der Waals surface area (Å²) in [5, 5.41) is 0. The van der Waals surface area contributed by atoms with Crippen LogP contribution < -0.4 is 16.0 Å². The number of para-hydroxylation sites is 1. The highest BCUT2D eigenvalue weighted by Gasteiger charge is 2.30. The van der Waals surface area contributed by atoms with E-state index < -0.39 is 0 Å². The minimum Gasteiger partial charge on any atom is -0.496 e. The SMILES string of the molecule is CCC1CCCCC1C(Cc1ccccc1OC)NN. The number of hydrogen-bond acceptors (Lipinski definition) is 3. The first-order valence-corrected chi connectivity index (χ1v) is 7.88. The molecule has 1 fully saturated rings. The summed E-state index contributed by atoms with van der Waals surface area (Å²) < 4.78 is 5.46. The lowest BCUT2D eigenvalue weighted by Crippen LogP contribution is -2.46. The van der Waals surface area contributed by atoms with E-state index in [1.54, 1.807) is 7.11 Å². The van der Waals surface area contributed by atoms with Crippen LogP contribution in [0.5, 0.6) is 5.75 Å². The Labute approximate surface area is 122 Å². The molecule has 1 aromatic carbocycles. The number of methoxy groups -OCH3 is 1. The van der Waals surface area contributed by atoms with E-state index in [1.165, 1.54) is 37.7 Å². The maximum atomic E-state index is 5.87. The van der Waals surface area contributed by atoms with Crippen molar-refractivity contribution in [2.45, 2.75) is 51.5 Å². The molecule has 1 aliphatic rings. The molecule has 3 nitrogen and oxygen atoms in total. The molecule has 0 amide bonds. The maximum Gasteiger partial charge on any atom is 0.122 e. The van der Waals surface area contributed by atoms with Crippen molar-refractivity contribution >= 4 is 0 Å². The summed E-state index contributed by atoms with van der Waals surface area (Å²) in [6.45, 7) is 2.31. The van der Waals surface area contributed by atoms with Crippen LogP contribution in [0.3, 0.4) is 0 Å². The Bertz CT molecular complexity index is 408. The molecule has 0 saturated heterocycles. The van der Waals surface area contributed by atoms with Crippen LogP contribution in [0.2, 0.25) is 0 Å². The molecule has 1 aromatic rings. The summed E-state index contributed by atoms with van der Waals surface area (Å²) in [6, 6.07) is 8.61. The van der Waals surface area contributed by atoms with E-state index in [1.807, 2.05) is 12.1 Å².